The third-order valence-electron chi connectivity index (χ3n) is 4.45. The van der Waals surface area contributed by atoms with E-state index in [0.717, 1.165) is 0 Å². The molecule has 0 radical (unpaired) electrons. The smallest absolute Gasteiger partial charge is 0.254 e. The minimum Gasteiger partial charge on any atom is -0.376 e. The quantitative estimate of drug-likeness (QED) is 0.813. The van der Waals surface area contributed by atoms with Crippen molar-refractivity contribution in [1.29, 1.82) is 0 Å². The van der Waals surface area contributed by atoms with Crippen LogP contribution in [0.3, 0.4) is 0 Å². The van der Waals surface area contributed by atoms with E-state index < -0.39 is 6.10 Å². The van der Waals surface area contributed by atoms with E-state index in [1.54, 1.807) is 0 Å². The van der Waals surface area contributed by atoms with Gasteiger partial charge < -0.3 is 14.4 Å². The summed E-state index contributed by atoms with van der Waals surface area (Å²) in [5.74, 6) is 0.0104. The first kappa shape index (κ1) is 14.4. The van der Waals surface area contributed by atoms with Crippen LogP contribution in [0.1, 0.15) is 11.1 Å². The molecule has 0 aromatic heterocycles. The zero-order chi connectivity index (χ0) is 15.6. The first-order chi connectivity index (χ1) is 11.3. The summed E-state index contributed by atoms with van der Waals surface area (Å²) in [6.07, 6.45) is -0.485. The lowest BCUT2D eigenvalue weighted by atomic mass is 9.97. The monoisotopic (exact) mass is 309 g/mol. The lowest BCUT2D eigenvalue weighted by Crippen LogP contribution is -2.44. The van der Waals surface area contributed by atoms with Gasteiger partial charge in [-0.25, -0.2) is 0 Å². The Bertz CT molecular complexity index is 675. The summed E-state index contributed by atoms with van der Waals surface area (Å²) in [7, 11) is 0. The molecule has 2 aliphatic heterocycles. The average Bonchev–Trinajstić information content (AvgIpc) is 2.79. The van der Waals surface area contributed by atoms with Crippen molar-refractivity contribution in [1.82, 2.24) is 4.90 Å². The summed E-state index contributed by atoms with van der Waals surface area (Å²) in [6.45, 7) is 2.60. The molecule has 2 heterocycles. The van der Waals surface area contributed by atoms with Gasteiger partial charge in [-0.2, -0.15) is 0 Å². The van der Waals surface area contributed by atoms with Crippen LogP contribution in [0.5, 0.6) is 0 Å². The Morgan fingerprint density at radius 3 is 2.09 bits per heavy atom. The highest BCUT2D eigenvalue weighted by atomic mass is 16.6. The highest BCUT2D eigenvalue weighted by molar-refractivity contribution is 5.83. The minimum absolute atomic E-state index is 0.0104. The maximum atomic E-state index is 12.8. The Labute approximate surface area is 135 Å². The number of carbonyl (C=O) groups is 1. The lowest BCUT2D eigenvalue weighted by molar-refractivity contribution is -0.159. The fourth-order valence-electron chi connectivity index (χ4n) is 3.30. The highest BCUT2D eigenvalue weighted by Gasteiger charge is 2.30. The minimum atomic E-state index is -0.485. The summed E-state index contributed by atoms with van der Waals surface area (Å²) < 4.78 is 11.0. The van der Waals surface area contributed by atoms with Crippen LogP contribution in [0.4, 0.5) is 0 Å². The molecule has 0 saturated carbocycles. The molecule has 1 atom stereocenters. The second-order valence-corrected chi connectivity index (χ2v) is 5.94. The molecule has 1 saturated heterocycles. The van der Waals surface area contributed by atoms with Gasteiger partial charge in [-0.15, -0.1) is 0 Å². The SMILES string of the molecule is O=C([C@@H]1COCCO1)N1Cc2ccccc2-c2ccccc2C1. The van der Waals surface area contributed by atoms with Crippen LogP contribution in [0, 0.1) is 0 Å². The summed E-state index contributed by atoms with van der Waals surface area (Å²) >= 11 is 0. The molecule has 2 aliphatic rings. The topological polar surface area (TPSA) is 38.8 Å². The Morgan fingerprint density at radius 1 is 0.913 bits per heavy atom. The number of ether oxygens (including phenoxy) is 2. The van der Waals surface area contributed by atoms with Gasteiger partial charge in [-0.1, -0.05) is 48.5 Å². The van der Waals surface area contributed by atoms with Crippen molar-refractivity contribution in [3.05, 3.63) is 59.7 Å². The van der Waals surface area contributed by atoms with Crippen LogP contribution in [0.2, 0.25) is 0 Å². The van der Waals surface area contributed by atoms with Crippen molar-refractivity contribution in [2.75, 3.05) is 19.8 Å². The van der Waals surface area contributed by atoms with Gasteiger partial charge in [0.15, 0.2) is 6.10 Å². The molecule has 4 heteroatoms. The number of hydrogen-bond acceptors (Lipinski definition) is 3. The van der Waals surface area contributed by atoms with Crippen LogP contribution in [0.25, 0.3) is 11.1 Å². The number of rotatable bonds is 1. The maximum absolute atomic E-state index is 12.8. The molecule has 4 nitrogen and oxygen atoms in total. The van der Waals surface area contributed by atoms with Crippen LogP contribution < -0.4 is 0 Å². The zero-order valence-corrected chi connectivity index (χ0v) is 12.9. The Kier molecular flexibility index (Phi) is 3.85. The first-order valence-corrected chi connectivity index (χ1v) is 7.97. The van der Waals surface area contributed by atoms with Crippen molar-refractivity contribution < 1.29 is 14.3 Å². The van der Waals surface area contributed by atoms with E-state index >= 15 is 0 Å². The molecule has 0 bridgehead atoms. The summed E-state index contributed by atoms with van der Waals surface area (Å²) in [5.41, 5.74) is 4.75. The maximum Gasteiger partial charge on any atom is 0.254 e. The third-order valence-corrected chi connectivity index (χ3v) is 4.45. The van der Waals surface area contributed by atoms with E-state index in [9.17, 15) is 4.79 Å². The van der Waals surface area contributed by atoms with Gasteiger partial charge in [0.25, 0.3) is 5.91 Å². The van der Waals surface area contributed by atoms with Gasteiger partial charge in [0, 0.05) is 13.1 Å². The predicted octanol–water partition coefficient (Wildman–Crippen LogP) is 2.61. The largest absolute Gasteiger partial charge is 0.376 e. The van der Waals surface area contributed by atoms with Gasteiger partial charge in [0.05, 0.1) is 19.8 Å². The number of hydrogen-bond donors (Lipinski definition) is 0. The number of benzene rings is 2. The van der Waals surface area contributed by atoms with Crippen molar-refractivity contribution in [2.45, 2.75) is 19.2 Å². The first-order valence-electron chi connectivity index (χ1n) is 7.97. The van der Waals surface area contributed by atoms with E-state index in [4.69, 9.17) is 9.47 Å². The molecule has 1 amide bonds. The van der Waals surface area contributed by atoms with E-state index in [2.05, 4.69) is 24.3 Å². The molecule has 0 N–H and O–H groups in total. The molecule has 2 aromatic rings. The normalized spacial score (nSPS) is 20.3. The summed E-state index contributed by atoms with van der Waals surface area (Å²) in [4.78, 5) is 14.7. The van der Waals surface area contributed by atoms with Crippen molar-refractivity contribution in [2.24, 2.45) is 0 Å². The van der Waals surface area contributed by atoms with E-state index in [1.165, 1.54) is 22.3 Å². The standard InChI is InChI=1S/C19H19NO3/c21-19(18-13-22-9-10-23-18)20-11-14-5-1-3-7-16(14)17-8-4-2-6-15(17)12-20/h1-8,18H,9-13H2/t18-/m0/s1. The van der Waals surface area contributed by atoms with E-state index in [-0.39, 0.29) is 5.91 Å². The molecule has 23 heavy (non-hydrogen) atoms. The molecule has 2 aromatic carbocycles. The van der Waals surface area contributed by atoms with Crippen LogP contribution in [-0.2, 0) is 27.4 Å². The van der Waals surface area contributed by atoms with Crippen LogP contribution in [0.15, 0.2) is 48.5 Å². The molecular formula is C19H19NO3. The second kappa shape index (κ2) is 6.14. The number of fused-ring (bicyclic) bond motifs is 3. The Hall–Kier alpha value is -2.17. The fourth-order valence-corrected chi connectivity index (χ4v) is 3.30. The van der Waals surface area contributed by atoms with Gasteiger partial charge in [0.1, 0.15) is 0 Å². The van der Waals surface area contributed by atoms with Gasteiger partial charge in [-0.05, 0) is 22.3 Å². The predicted molar refractivity (Wildman–Crippen MR) is 86.7 cm³/mol. The molecule has 0 spiro atoms. The molecule has 0 unspecified atom stereocenters. The van der Waals surface area contributed by atoms with Gasteiger partial charge in [0.2, 0.25) is 0 Å². The van der Waals surface area contributed by atoms with Gasteiger partial charge in [-0.3, -0.25) is 4.79 Å². The van der Waals surface area contributed by atoms with E-state index in [0.29, 0.717) is 32.9 Å². The number of carbonyl (C=O) groups excluding carboxylic acids is 1. The summed E-state index contributed by atoms with van der Waals surface area (Å²) in [6, 6.07) is 16.6. The summed E-state index contributed by atoms with van der Waals surface area (Å²) in [5, 5.41) is 0. The van der Waals surface area contributed by atoms with Crippen LogP contribution in [-0.4, -0.2) is 36.7 Å². The molecule has 1 fully saturated rings. The Balaban J connectivity index is 1.70. The van der Waals surface area contributed by atoms with Crippen molar-refractivity contribution in [3.63, 3.8) is 0 Å². The second-order valence-electron chi connectivity index (χ2n) is 5.94. The zero-order valence-electron chi connectivity index (χ0n) is 12.9. The van der Waals surface area contributed by atoms with E-state index in [1.807, 2.05) is 29.2 Å². The molecule has 0 aliphatic carbocycles. The van der Waals surface area contributed by atoms with Crippen molar-refractivity contribution in [3.8, 4) is 11.1 Å². The molecule has 118 valence electrons. The molecular weight excluding hydrogens is 290 g/mol. The molecule has 4 rings (SSSR count). The average molecular weight is 309 g/mol. The number of amides is 1. The highest BCUT2D eigenvalue weighted by Crippen LogP contribution is 2.32. The third kappa shape index (κ3) is 2.76. The van der Waals surface area contributed by atoms with Crippen LogP contribution >= 0.6 is 0 Å². The number of nitrogens with zero attached hydrogens (tertiary/aromatic N) is 1. The lowest BCUT2D eigenvalue weighted by Gasteiger charge is -2.29. The Morgan fingerprint density at radius 2 is 1.52 bits per heavy atom. The van der Waals surface area contributed by atoms with Gasteiger partial charge >= 0.3 is 0 Å². The fraction of sp³-hybridized carbons (Fsp3) is 0.316. The van der Waals surface area contributed by atoms with Crippen molar-refractivity contribution >= 4 is 5.91 Å².